The second kappa shape index (κ2) is 3.80. The lowest BCUT2D eigenvalue weighted by Crippen LogP contribution is -2.40. The summed E-state index contributed by atoms with van der Waals surface area (Å²) in [4.78, 5) is 0. The summed E-state index contributed by atoms with van der Waals surface area (Å²) >= 11 is 0. The van der Waals surface area contributed by atoms with Crippen molar-refractivity contribution in [3.05, 3.63) is 0 Å². The first-order valence-corrected chi connectivity index (χ1v) is 3.08. The highest BCUT2D eigenvalue weighted by atomic mass is 19.1. The molecule has 0 aromatic carbocycles. The number of hydrogen-bond acceptors (Lipinski definition) is 2. The molecule has 3 N–H and O–H groups in total. The number of alkyl halides is 1. The summed E-state index contributed by atoms with van der Waals surface area (Å²) in [6.45, 7) is 1.28. The number of aliphatic hydroxyl groups excluding tert-OH is 1. The van der Waals surface area contributed by atoms with E-state index in [-0.39, 0.29) is 13.3 Å². The Labute approximate surface area is 54.9 Å². The van der Waals surface area contributed by atoms with Gasteiger partial charge >= 0.3 is 0 Å². The molecule has 0 aliphatic heterocycles. The lowest BCUT2D eigenvalue weighted by Gasteiger charge is -2.20. The Hall–Kier alpha value is -0.150. The minimum Gasteiger partial charge on any atom is -0.394 e. The molecule has 0 aliphatic rings. The zero-order valence-corrected chi connectivity index (χ0v) is 5.73. The zero-order valence-electron chi connectivity index (χ0n) is 5.73. The monoisotopic (exact) mass is 135 g/mol. The van der Waals surface area contributed by atoms with Crippen LogP contribution in [0.25, 0.3) is 0 Å². The molecule has 0 heterocycles. The van der Waals surface area contributed by atoms with Gasteiger partial charge in [0.05, 0.1) is 13.3 Å². The second-order valence-electron chi connectivity index (χ2n) is 2.60. The maximum atomic E-state index is 11.5. The zero-order chi connectivity index (χ0) is 7.33. The lowest BCUT2D eigenvalue weighted by atomic mass is 9.99. The normalized spacial score (nSPS) is 17.3. The van der Waals surface area contributed by atoms with Crippen LogP contribution in [0.5, 0.6) is 0 Å². The molecule has 9 heavy (non-hydrogen) atoms. The Morgan fingerprint density at radius 2 is 2.22 bits per heavy atom. The summed E-state index contributed by atoms with van der Waals surface area (Å²) in [6.07, 6.45) is 0.980. The predicted molar refractivity (Wildman–Crippen MR) is 34.9 cm³/mol. The van der Waals surface area contributed by atoms with E-state index in [0.717, 1.165) is 0 Å². The van der Waals surface area contributed by atoms with Crippen LogP contribution >= 0.6 is 0 Å². The molecule has 56 valence electrons. The van der Waals surface area contributed by atoms with Crippen LogP contribution in [0, 0.1) is 0 Å². The maximum absolute atomic E-state index is 11.5. The molecule has 0 aromatic rings. The van der Waals surface area contributed by atoms with E-state index in [0.29, 0.717) is 12.8 Å². The summed E-state index contributed by atoms with van der Waals surface area (Å²) in [7, 11) is 0. The summed E-state index contributed by atoms with van der Waals surface area (Å²) in [5.74, 6) is 0. The molecule has 0 saturated carbocycles. The number of aliphatic hydroxyl groups is 1. The first-order valence-electron chi connectivity index (χ1n) is 3.08. The number of hydrogen-bond donors (Lipinski definition) is 2. The van der Waals surface area contributed by atoms with E-state index in [9.17, 15) is 4.39 Å². The average Bonchev–Trinajstić information content (AvgIpc) is 1.84. The van der Waals surface area contributed by atoms with Gasteiger partial charge in [0, 0.05) is 5.54 Å². The van der Waals surface area contributed by atoms with Crippen LogP contribution in [0.1, 0.15) is 19.8 Å². The predicted octanol–water partition coefficient (Wildman–Crippen LogP) is 0.446. The van der Waals surface area contributed by atoms with E-state index < -0.39 is 5.54 Å². The highest BCUT2D eigenvalue weighted by molar-refractivity contribution is 4.76. The van der Waals surface area contributed by atoms with Gasteiger partial charge in [-0.2, -0.15) is 0 Å². The molecule has 1 atom stereocenters. The molecule has 0 unspecified atom stereocenters. The Bertz CT molecular complexity index is 75.5. The Kier molecular flexibility index (Phi) is 3.73. The van der Waals surface area contributed by atoms with Gasteiger partial charge < -0.3 is 10.8 Å². The third kappa shape index (κ3) is 4.36. The molecule has 0 amide bonds. The second-order valence-corrected chi connectivity index (χ2v) is 2.60. The number of rotatable bonds is 4. The molecule has 0 saturated heterocycles. The van der Waals surface area contributed by atoms with Crippen LogP contribution in [0.15, 0.2) is 0 Å². The summed E-state index contributed by atoms with van der Waals surface area (Å²) in [5, 5.41) is 8.57. The molecule has 0 aromatic heterocycles. The molecule has 3 heteroatoms. The van der Waals surface area contributed by atoms with Gasteiger partial charge in [0.2, 0.25) is 0 Å². The first kappa shape index (κ1) is 8.85. The fourth-order valence-electron chi connectivity index (χ4n) is 0.550. The van der Waals surface area contributed by atoms with Crippen LogP contribution in [-0.2, 0) is 0 Å². The average molecular weight is 135 g/mol. The van der Waals surface area contributed by atoms with Crippen molar-refractivity contribution in [2.75, 3.05) is 13.3 Å². The van der Waals surface area contributed by atoms with Crippen LogP contribution in [0.3, 0.4) is 0 Å². The third-order valence-electron chi connectivity index (χ3n) is 1.24. The largest absolute Gasteiger partial charge is 0.394 e. The SMILES string of the molecule is C[C@](N)(CO)CCCF. The molecule has 0 rings (SSSR count). The van der Waals surface area contributed by atoms with Gasteiger partial charge in [-0.15, -0.1) is 0 Å². The minimum atomic E-state index is -0.591. The summed E-state index contributed by atoms with van der Waals surface area (Å²) in [5.41, 5.74) is 4.89. The Morgan fingerprint density at radius 1 is 1.67 bits per heavy atom. The van der Waals surface area contributed by atoms with E-state index in [1.54, 1.807) is 6.92 Å². The van der Waals surface area contributed by atoms with Gasteiger partial charge in [0.1, 0.15) is 0 Å². The van der Waals surface area contributed by atoms with Gasteiger partial charge in [-0.05, 0) is 19.8 Å². The van der Waals surface area contributed by atoms with E-state index in [4.69, 9.17) is 10.8 Å². The van der Waals surface area contributed by atoms with E-state index >= 15 is 0 Å². The molecule has 0 radical (unpaired) electrons. The van der Waals surface area contributed by atoms with Crippen molar-refractivity contribution in [3.63, 3.8) is 0 Å². The third-order valence-corrected chi connectivity index (χ3v) is 1.24. The fourth-order valence-corrected chi connectivity index (χ4v) is 0.550. The van der Waals surface area contributed by atoms with Gasteiger partial charge in [-0.25, -0.2) is 0 Å². The molecule has 2 nitrogen and oxygen atoms in total. The standard InChI is InChI=1S/C6H14FNO/c1-6(8,5-9)3-2-4-7/h9H,2-5,8H2,1H3/t6-/m1/s1. The van der Waals surface area contributed by atoms with Gasteiger partial charge in [0.25, 0.3) is 0 Å². The summed E-state index contributed by atoms with van der Waals surface area (Å²) < 4.78 is 11.5. The van der Waals surface area contributed by atoms with Crippen LogP contribution in [0.4, 0.5) is 4.39 Å². The highest BCUT2D eigenvalue weighted by Gasteiger charge is 2.15. The summed E-state index contributed by atoms with van der Waals surface area (Å²) in [6, 6.07) is 0. The van der Waals surface area contributed by atoms with Crippen molar-refractivity contribution in [3.8, 4) is 0 Å². The van der Waals surface area contributed by atoms with Crippen LogP contribution in [0.2, 0.25) is 0 Å². The van der Waals surface area contributed by atoms with Crippen molar-refractivity contribution in [1.29, 1.82) is 0 Å². The topological polar surface area (TPSA) is 46.2 Å². The van der Waals surface area contributed by atoms with Crippen LogP contribution in [-0.4, -0.2) is 23.9 Å². The van der Waals surface area contributed by atoms with Crippen molar-refractivity contribution < 1.29 is 9.50 Å². The van der Waals surface area contributed by atoms with Crippen molar-refractivity contribution in [2.45, 2.75) is 25.3 Å². The molecule has 0 aliphatic carbocycles. The van der Waals surface area contributed by atoms with Crippen LogP contribution < -0.4 is 5.73 Å². The Morgan fingerprint density at radius 3 is 2.56 bits per heavy atom. The minimum absolute atomic E-state index is 0.0764. The van der Waals surface area contributed by atoms with Crippen molar-refractivity contribution in [2.24, 2.45) is 5.73 Å². The van der Waals surface area contributed by atoms with E-state index in [1.807, 2.05) is 0 Å². The van der Waals surface area contributed by atoms with Crippen molar-refractivity contribution in [1.82, 2.24) is 0 Å². The number of nitrogens with two attached hydrogens (primary N) is 1. The fraction of sp³-hybridized carbons (Fsp3) is 1.00. The smallest absolute Gasteiger partial charge is 0.0895 e. The molecule has 0 fully saturated rings. The van der Waals surface area contributed by atoms with Gasteiger partial charge in [0.15, 0.2) is 0 Å². The highest BCUT2D eigenvalue weighted by Crippen LogP contribution is 2.06. The maximum Gasteiger partial charge on any atom is 0.0895 e. The van der Waals surface area contributed by atoms with Crippen molar-refractivity contribution >= 4 is 0 Å². The lowest BCUT2D eigenvalue weighted by molar-refractivity contribution is 0.195. The van der Waals surface area contributed by atoms with Gasteiger partial charge in [-0.1, -0.05) is 0 Å². The van der Waals surface area contributed by atoms with Gasteiger partial charge in [-0.3, -0.25) is 4.39 Å². The van der Waals surface area contributed by atoms with E-state index in [2.05, 4.69) is 0 Å². The molecular weight excluding hydrogens is 121 g/mol. The molecule has 0 spiro atoms. The number of halogens is 1. The van der Waals surface area contributed by atoms with E-state index in [1.165, 1.54) is 0 Å². The molecule has 0 bridgehead atoms. The Balaban J connectivity index is 3.33. The molecular formula is C6H14FNO. The first-order chi connectivity index (χ1) is 4.12. The quantitative estimate of drug-likeness (QED) is 0.587.